The Balaban J connectivity index is 1.11. The largest absolute Gasteiger partial charge is 0.208 e. The first-order valence-electron chi connectivity index (χ1n) is 19.4. The smallest absolute Gasteiger partial charge is 0.164 e. The quantitative estimate of drug-likeness (QED) is 0.190. The highest BCUT2D eigenvalue weighted by molar-refractivity contribution is 5.91. The number of nitrogens with zero attached hydrogens (tertiary/aromatic N) is 4. The molecule has 1 aromatic heterocycles. The third-order valence-corrected chi connectivity index (χ3v) is 14.4. The van der Waals surface area contributed by atoms with Gasteiger partial charge in [-0.15, -0.1) is 0 Å². The molecule has 8 bridgehead atoms. The molecule has 5 aromatic rings. The highest BCUT2D eigenvalue weighted by Gasteiger charge is 2.54. The third-order valence-electron chi connectivity index (χ3n) is 14.4. The number of nitriles is 1. The van der Waals surface area contributed by atoms with Crippen molar-refractivity contribution >= 4 is 10.8 Å². The Hall–Kier alpha value is -4.36. The molecule has 50 heavy (non-hydrogen) atoms. The molecule has 0 spiro atoms. The maximum absolute atomic E-state index is 9.74. The molecule has 8 fully saturated rings. The van der Waals surface area contributed by atoms with Crippen LogP contribution in [0.15, 0.2) is 84.9 Å². The van der Waals surface area contributed by atoms with Gasteiger partial charge in [0.05, 0.1) is 11.6 Å². The Morgan fingerprint density at radius 1 is 0.480 bits per heavy atom. The van der Waals surface area contributed by atoms with Crippen molar-refractivity contribution < 1.29 is 0 Å². The average Bonchev–Trinajstić information content (AvgIpc) is 3.13. The Bertz CT molecular complexity index is 2080. The molecule has 0 atom stereocenters. The molecule has 8 aliphatic carbocycles. The van der Waals surface area contributed by atoms with Crippen molar-refractivity contribution in [1.29, 1.82) is 5.26 Å². The van der Waals surface area contributed by atoms with Gasteiger partial charge >= 0.3 is 0 Å². The van der Waals surface area contributed by atoms with Crippen LogP contribution in [0, 0.1) is 46.8 Å². The van der Waals surface area contributed by atoms with Crippen molar-refractivity contribution in [2.24, 2.45) is 35.5 Å². The number of benzene rings is 4. The minimum absolute atomic E-state index is 0.302. The second kappa shape index (κ2) is 10.8. The first kappa shape index (κ1) is 29.4. The summed E-state index contributed by atoms with van der Waals surface area (Å²) in [7, 11) is 0. The highest BCUT2D eigenvalue weighted by atomic mass is 15.0. The number of rotatable bonds is 5. The standard InChI is InChI=1S/C46H44N4/c47-27-37-8-4-7-35-17-36(9-10-41(35)37)43-48-42(34-5-2-1-3-6-34)49-44(50-43)38-18-39(45-21-28-11-29(22-45)13-30(12-28)23-45)20-40(19-38)46-24-31-14-32(25-46)16-33(15-31)26-46/h1-10,17-20,28-33H,11-16,21-26H2. The third kappa shape index (κ3) is 4.65. The number of aromatic nitrogens is 3. The summed E-state index contributed by atoms with van der Waals surface area (Å²) in [5.74, 6) is 7.59. The van der Waals surface area contributed by atoms with E-state index in [-0.39, 0.29) is 0 Å². The Morgan fingerprint density at radius 2 is 0.980 bits per heavy atom. The molecule has 0 N–H and O–H groups in total. The van der Waals surface area contributed by atoms with Crippen molar-refractivity contribution in [3.8, 4) is 40.2 Å². The molecule has 0 saturated heterocycles. The van der Waals surface area contributed by atoms with E-state index in [1.54, 1.807) is 11.1 Å². The summed E-state index contributed by atoms with van der Waals surface area (Å²) >= 11 is 0. The molecule has 248 valence electrons. The fourth-order valence-corrected chi connectivity index (χ4v) is 13.2. The first-order chi connectivity index (χ1) is 24.5. The lowest BCUT2D eigenvalue weighted by atomic mass is 9.46. The Labute approximate surface area is 295 Å². The van der Waals surface area contributed by atoms with E-state index in [0.29, 0.717) is 28.0 Å². The van der Waals surface area contributed by atoms with Crippen molar-refractivity contribution in [1.82, 2.24) is 15.0 Å². The second-order valence-electron chi connectivity index (χ2n) is 17.7. The molecule has 8 aliphatic rings. The lowest BCUT2D eigenvalue weighted by molar-refractivity contribution is -0.00832. The van der Waals surface area contributed by atoms with Gasteiger partial charge in [0.2, 0.25) is 0 Å². The van der Waals surface area contributed by atoms with Gasteiger partial charge in [0.1, 0.15) is 0 Å². The van der Waals surface area contributed by atoms with Crippen LogP contribution in [0.4, 0.5) is 0 Å². The van der Waals surface area contributed by atoms with Gasteiger partial charge in [0.25, 0.3) is 0 Å². The predicted octanol–water partition coefficient (Wildman–Crippen LogP) is 10.8. The minimum atomic E-state index is 0.302. The van der Waals surface area contributed by atoms with Crippen LogP contribution >= 0.6 is 0 Å². The van der Waals surface area contributed by atoms with Gasteiger partial charge < -0.3 is 0 Å². The van der Waals surface area contributed by atoms with Crippen molar-refractivity contribution in [3.05, 3.63) is 102 Å². The maximum Gasteiger partial charge on any atom is 0.164 e. The van der Waals surface area contributed by atoms with Gasteiger partial charge in [0, 0.05) is 16.7 Å². The molecule has 0 aliphatic heterocycles. The zero-order chi connectivity index (χ0) is 33.0. The molecule has 1 heterocycles. The van der Waals surface area contributed by atoms with Crippen molar-refractivity contribution in [3.63, 3.8) is 0 Å². The van der Waals surface area contributed by atoms with Gasteiger partial charge in [-0.25, -0.2) is 15.0 Å². The molecular formula is C46H44N4. The molecule has 0 unspecified atom stereocenters. The Kier molecular flexibility index (Phi) is 6.36. The second-order valence-corrected chi connectivity index (χ2v) is 17.7. The van der Waals surface area contributed by atoms with E-state index in [4.69, 9.17) is 15.0 Å². The fraction of sp³-hybridized carbons (Fsp3) is 0.435. The van der Waals surface area contributed by atoms with Crippen LogP contribution in [0.1, 0.15) is 93.7 Å². The van der Waals surface area contributed by atoms with Gasteiger partial charge in [-0.2, -0.15) is 5.26 Å². The van der Waals surface area contributed by atoms with Crippen LogP contribution in [0.25, 0.3) is 44.9 Å². The summed E-state index contributed by atoms with van der Waals surface area (Å²) in [5.41, 5.74) is 7.62. The van der Waals surface area contributed by atoms with Gasteiger partial charge in [-0.3, -0.25) is 0 Å². The van der Waals surface area contributed by atoms with Gasteiger partial charge in [0.15, 0.2) is 17.5 Å². The highest BCUT2D eigenvalue weighted by Crippen LogP contribution is 2.63. The van der Waals surface area contributed by atoms with Crippen LogP contribution in [0.3, 0.4) is 0 Å². The first-order valence-corrected chi connectivity index (χ1v) is 19.4. The maximum atomic E-state index is 9.74. The fourth-order valence-electron chi connectivity index (χ4n) is 13.2. The van der Waals surface area contributed by atoms with E-state index < -0.39 is 0 Å². The lowest BCUT2D eigenvalue weighted by Gasteiger charge is -2.58. The molecular weight excluding hydrogens is 609 g/mol. The summed E-state index contributed by atoms with van der Waals surface area (Å²) in [5, 5.41) is 11.7. The predicted molar refractivity (Wildman–Crippen MR) is 198 cm³/mol. The zero-order valence-electron chi connectivity index (χ0n) is 28.8. The SMILES string of the molecule is N#Cc1cccc2cc(-c3nc(-c4ccccc4)nc(-c4cc(C56CC7CC(CC(C7)C5)C6)cc(C56CC7CC(CC(C7)C5)C6)c4)n3)ccc12. The van der Waals surface area contributed by atoms with E-state index in [1.165, 1.54) is 82.6 Å². The van der Waals surface area contributed by atoms with E-state index in [9.17, 15) is 5.26 Å². The van der Waals surface area contributed by atoms with Gasteiger partial charge in [-0.1, -0.05) is 60.7 Å². The number of hydrogen-bond donors (Lipinski definition) is 0. The summed E-state index contributed by atoms with van der Waals surface area (Å²) in [4.78, 5) is 15.8. The molecule has 0 amide bonds. The minimum Gasteiger partial charge on any atom is -0.208 e. The van der Waals surface area contributed by atoms with Crippen LogP contribution < -0.4 is 0 Å². The summed E-state index contributed by atoms with van der Waals surface area (Å²) < 4.78 is 0. The van der Waals surface area contributed by atoms with E-state index in [0.717, 1.165) is 63.2 Å². The Morgan fingerprint density at radius 3 is 1.50 bits per heavy atom. The van der Waals surface area contributed by atoms with E-state index in [2.05, 4.69) is 72.8 Å². The monoisotopic (exact) mass is 652 g/mol. The molecule has 8 saturated carbocycles. The number of hydrogen-bond acceptors (Lipinski definition) is 4. The van der Waals surface area contributed by atoms with Crippen LogP contribution in [0.2, 0.25) is 0 Å². The molecule has 13 rings (SSSR count). The van der Waals surface area contributed by atoms with E-state index >= 15 is 0 Å². The number of fused-ring (bicyclic) bond motifs is 1. The van der Waals surface area contributed by atoms with Crippen molar-refractivity contribution in [2.75, 3.05) is 0 Å². The van der Waals surface area contributed by atoms with E-state index in [1.807, 2.05) is 18.2 Å². The molecule has 0 radical (unpaired) electrons. The van der Waals surface area contributed by atoms with Gasteiger partial charge in [-0.05, 0) is 170 Å². The topological polar surface area (TPSA) is 62.5 Å². The zero-order valence-corrected chi connectivity index (χ0v) is 28.8. The van der Waals surface area contributed by atoms with Crippen LogP contribution in [-0.2, 0) is 10.8 Å². The average molecular weight is 653 g/mol. The summed E-state index contributed by atoms with van der Waals surface area (Å²) in [6.45, 7) is 0. The molecule has 4 nitrogen and oxygen atoms in total. The summed E-state index contributed by atoms with van der Waals surface area (Å²) in [6.07, 6.45) is 16.9. The summed E-state index contributed by atoms with van der Waals surface area (Å²) in [6, 6.07) is 32.7. The normalized spacial score (nSPS) is 33.2. The van der Waals surface area contributed by atoms with Crippen LogP contribution in [0.5, 0.6) is 0 Å². The van der Waals surface area contributed by atoms with Crippen LogP contribution in [-0.4, -0.2) is 15.0 Å². The molecule has 4 heteroatoms. The van der Waals surface area contributed by atoms with Crippen molar-refractivity contribution in [2.45, 2.75) is 87.9 Å². The lowest BCUT2D eigenvalue weighted by Crippen LogP contribution is -2.50. The molecule has 4 aromatic carbocycles.